The maximum absolute atomic E-state index is 5.78. The van der Waals surface area contributed by atoms with Crippen LogP contribution in [0.15, 0.2) is 24.3 Å². The third-order valence-corrected chi connectivity index (χ3v) is 2.84. The third-order valence-electron chi connectivity index (χ3n) is 2.84. The van der Waals surface area contributed by atoms with Crippen molar-refractivity contribution in [3.63, 3.8) is 0 Å². The zero-order chi connectivity index (χ0) is 13.4. The van der Waals surface area contributed by atoms with Gasteiger partial charge < -0.3 is 10.1 Å². The average Bonchev–Trinajstić information content (AvgIpc) is 2.33. The molecule has 2 heteroatoms. The lowest BCUT2D eigenvalue weighted by Gasteiger charge is -2.13. The quantitative estimate of drug-likeness (QED) is 0.585. The van der Waals surface area contributed by atoms with Gasteiger partial charge in [0.05, 0.1) is 0 Å². The van der Waals surface area contributed by atoms with E-state index in [1.54, 1.807) is 0 Å². The predicted octanol–water partition coefficient (Wildman–Crippen LogP) is 3.76. The number of hydrogen-bond acceptors (Lipinski definition) is 2. The normalized spacial score (nSPS) is 11.1. The van der Waals surface area contributed by atoms with Gasteiger partial charge in [-0.1, -0.05) is 31.2 Å². The number of benzene rings is 1. The number of allylic oxidation sites excluding steroid dienone is 1. The fourth-order valence-corrected chi connectivity index (χ4v) is 2.01. The molecule has 0 aliphatic rings. The van der Waals surface area contributed by atoms with E-state index in [1.807, 2.05) is 19.1 Å². The molecule has 1 aromatic carbocycles. The Hall–Kier alpha value is -1.28. The first-order valence-electron chi connectivity index (χ1n) is 6.73. The van der Waals surface area contributed by atoms with Crippen molar-refractivity contribution in [2.45, 2.75) is 40.7 Å². The summed E-state index contributed by atoms with van der Waals surface area (Å²) in [5.41, 5.74) is 3.76. The average molecular weight is 247 g/mol. The maximum Gasteiger partial charge on any atom is 0.125 e. The zero-order valence-corrected chi connectivity index (χ0v) is 12.0. The Morgan fingerprint density at radius 1 is 1.22 bits per heavy atom. The summed E-state index contributed by atoms with van der Waals surface area (Å²) in [6.45, 7) is 11.1. The summed E-state index contributed by atoms with van der Waals surface area (Å²) in [5, 5.41) is 3.43. The summed E-state index contributed by atoms with van der Waals surface area (Å²) >= 11 is 0. The fraction of sp³-hybridized carbons (Fsp3) is 0.500. The molecule has 0 saturated heterocycles. The van der Waals surface area contributed by atoms with Crippen LogP contribution in [0.5, 0.6) is 5.75 Å². The van der Waals surface area contributed by atoms with Gasteiger partial charge in [0.25, 0.3) is 0 Å². The van der Waals surface area contributed by atoms with Crippen molar-refractivity contribution < 1.29 is 4.74 Å². The standard InChI is InChI=1S/C16H25NO/c1-5-7-9-18-16-13(3)10-15(11-14(16)4)12-17-8-6-2/h5,7,10-11,17H,6,8-9,12H2,1-4H3/b7-5+. The summed E-state index contributed by atoms with van der Waals surface area (Å²) in [7, 11) is 0. The van der Waals surface area contributed by atoms with Crippen LogP contribution >= 0.6 is 0 Å². The molecule has 0 aliphatic heterocycles. The molecule has 0 spiro atoms. The van der Waals surface area contributed by atoms with Crippen LogP contribution in [0, 0.1) is 13.8 Å². The van der Waals surface area contributed by atoms with Crippen molar-refractivity contribution in [1.82, 2.24) is 5.32 Å². The largest absolute Gasteiger partial charge is 0.489 e. The van der Waals surface area contributed by atoms with Crippen LogP contribution in [-0.4, -0.2) is 13.2 Å². The minimum absolute atomic E-state index is 0.644. The molecule has 0 radical (unpaired) electrons. The molecular weight excluding hydrogens is 222 g/mol. The van der Waals surface area contributed by atoms with Gasteiger partial charge in [0, 0.05) is 6.54 Å². The number of rotatable bonds is 7. The van der Waals surface area contributed by atoms with E-state index in [-0.39, 0.29) is 0 Å². The van der Waals surface area contributed by atoms with E-state index in [1.165, 1.54) is 23.1 Å². The van der Waals surface area contributed by atoms with Crippen molar-refractivity contribution in [3.8, 4) is 5.75 Å². The maximum atomic E-state index is 5.78. The summed E-state index contributed by atoms with van der Waals surface area (Å²) in [5.74, 6) is 1.02. The minimum atomic E-state index is 0.644. The van der Waals surface area contributed by atoms with Crippen LogP contribution in [0.4, 0.5) is 0 Å². The molecule has 0 bridgehead atoms. The first kappa shape index (κ1) is 14.8. The van der Waals surface area contributed by atoms with E-state index in [0.717, 1.165) is 18.8 Å². The SMILES string of the molecule is C/C=C/COc1c(C)cc(CNCCC)cc1C. The van der Waals surface area contributed by atoms with Gasteiger partial charge in [0.1, 0.15) is 12.4 Å². The molecule has 1 aromatic rings. The summed E-state index contributed by atoms with van der Waals surface area (Å²) < 4.78 is 5.78. The molecule has 0 heterocycles. The summed E-state index contributed by atoms with van der Waals surface area (Å²) in [6, 6.07) is 4.42. The first-order valence-corrected chi connectivity index (χ1v) is 6.73. The summed E-state index contributed by atoms with van der Waals surface area (Å²) in [6.07, 6.45) is 5.20. The van der Waals surface area contributed by atoms with Gasteiger partial charge in [0.2, 0.25) is 0 Å². The van der Waals surface area contributed by atoms with E-state index < -0.39 is 0 Å². The Balaban J connectivity index is 2.70. The predicted molar refractivity (Wildman–Crippen MR) is 78.2 cm³/mol. The second kappa shape index (κ2) is 7.93. The van der Waals surface area contributed by atoms with Crippen molar-refractivity contribution in [3.05, 3.63) is 41.0 Å². The van der Waals surface area contributed by atoms with Crippen molar-refractivity contribution >= 4 is 0 Å². The highest BCUT2D eigenvalue weighted by Crippen LogP contribution is 2.24. The van der Waals surface area contributed by atoms with E-state index in [9.17, 15) is 0 Å². The summed E-state index contributed by atoms with van der Waals surface area (Å²) in [4.78, 5) is 0. The van der Waals surface area contributed by atoms with Crippen LogP contribution in [0.25, 0.3) is 0 Å². The van der Waals surface area contributed by atoms with Gasteiger partial charge >= 0.3 is 0 Å². The molecule has 0 atom stereocenters. The van der Waals surface area contributed by atoms with Crippen LogP contribution in [-0.2, 0) is 6.54 Å². The molecule has 0 saturated carbocycles. The van der Waals surface area contributed by atoms with Crippen LogP contribution < -0.4 is 10.1 Å². The van der Waals surface area contributed by atoms with Crippen LogP contribution in [0.2, 0.25) is 0 Å². The molecule has 0 aliphatic carbocycles. The van der Waals surface area contributed by atoms with Gasteiger partial charge in [-0.05, 0) is 50.4 Å². The fourth-order valence-electron chi connectivity index (χ4n) is 2.01. The lowest BCUT2D eigenvalue weighted by atomic mass is 10.1. The highest BCUT2D eigenvalue weighted by atomic mass is 16.5. The van der Waals surface area contributed by atoms with Gasteiger partial charge in [-0.2, -0.15) is 0 Å². The second-order valence-electron chi connectivity index (χ2n) is 4.62. The van der Waals surface area contributed by atoms with Gasteiger partial charge in [0.15, 0.2) is 0 Å². The van der Waals surface area contributed by atoms with Crippen molar-refractivity contribution in [2.24, 2.45) is 0 Å². The Kier molecular flexibility index (Phi) is 6.51. The molecular formula is C16H25NO. The number of nitrogens with one attached hydrogen (secondary N) is 1. The van der Waals surface area contributed by atoms with Gasteiger partial charge in [-0.3, -0.25) is 0 Å². The minimum Gasteiger partial charge on any atom is -0.489 e. The van der Waals surface area contributed by atoms with Gasteiger partial charge in [-0.15, -0.1) is 0 Å². The first-order chi connectivity index (χ1) is 8.69. The molecule has 0 fully saturated rings. The highest BCUT2D eigenvalue weighted by Gasteiger charge is 2.05. The molecule has 1 N–H and O–H groups in total. The molecule has 2 nitrogen and oxygen atoms in total. The molecule has 100 valence electrons. The smallest absolute Gasteiger partial charge is 0.125 e. The monoisotopic (exact) mass is 247 g/mol. The van der Waals surface area contributed by atoms with E-state index in [2.05, 4.69) is 38.2 Å². The van der Waals surface area contributed by atoms with E-state index in [0.29, 0.717) is 6.61 Å². The van der Waals surface area contributed by atoms with Gasteiger partial charge in [-0.25, -0.2) is 0 Å². The Bertz CT molecular complexity index is 373. The molecule has 0 unspecified atom stereocenters. The molecule has 0 amide bonds. The van der Waals surface area contributed by atoms with Crippen LogP contribution in [0.3, 0.4) is 0 Å². The topological polar surface area (TPSA) is 21.3 Å². The number of aryl methyl sites for hydroxylation is 2. The second-order valence-corrected chi connectivity index (χ2v) is 4.62. The Morgan fingerprint density at radius 2 is 1.89 bits per heavy atom. The molecule has 1 rings (SSSR count). The molecule has 0 aromatic heterocycles. The van der Waals surface area contributed by atoms with Crippen molar-refractivity contribution in [2.75, 3.05) is 13.2 Å². The highest BCUT2D eigenvalue weighted by molar-refractivity contribution is 5.43. The van der Waals surface area contributed by atoms with Crippen LogP contribution in [0.1, 0.15) is 37.0 Å². The van der Waals surface area contributed by atoms with E-state index >= 15 is 0 Å². The van der Waals surface area contributed by atoms with E-state index in [4.69, 9.17) is 4.74 Å². The molecule has 18 heavy (non-hydrogen) atoms. The lowest BCUT2D eigenvalue weighted by Crippen LogP contribution is -2.14. The zero-order valence-electron chi connectivity index (χ0n) is 12.0. The third kappa shape index (κ3) is 4.53. The Morgan fingerprint density at radius 3 is 2.44 bits per heavy atom. The number of hydrogen-bond donors (Lipinski definition) is 1. The van der Waals surface area contributed by atoms with Crippen molar-refractivity contribution in [1.29, 1.82) is 0 Å². The lowest BCUT2D eigenvalue weighted by molar-refractivity contribution is 0.357. The number of ether oxygens (including phenoxy) is 1. The Labute approximate surface area is 111 Å².